The summed E-state index contributed by atoms with van der Waals surface area (Å²) in [5, 5.41) is 9.50. The van der Waals surface area contributed by atoms with Crippen LogP contribution >= 0.6 is 0 Å². The summed E-state index contributed by atoms with van der Waals surface area (Å²) in [5.41, 5.74) is 1.19. The van der Waals surface area contributed by atoms with Crippen molar-refractivity contribution in [1.29, 1.82) is 0 Å². The fourth-order valence-corrected chi connectivity index (χ4v) is 1.11. The molecular formula is C11H13FO. The van der Waals surface area contributed by atoms with Crippen LogP contribution in [0.15, 0.2) is 30.9 Å². The van der Waals surface area contributed by atoms with E-state index in [1.165, 1.54) is 6.07 Å². The summed E-state index contributed by atoms with van der Waals surface area (Å²) in [6, 6.07) is 4.76. The highest BCUT2D eigenvalue weighted by molar-refractivity contribution is 5.25. The van der Waals surface area contributed by atoms with Crippen LogP contribution in [0.3, 0.4) is 0 Å². The van der Waals surface area contributed by atoms with Crippen LogP contribution in [0.2, 0.25) is 0 Å². The molecule has 13 heavy (non-hydrogen) atoms. The predicted octanol–water partition coefficient (Wildman–Crippen LogP) is 2.74. The van der Waals surface area contributed by atoms with Gasteiger partial charge in [-0.3, -0.25) is 0 Å². The van der Waals surface area contributed by atoms with Gasteiger partial charge in [-0.1, -0.05) is 18.2 Å². The van der Waals surface area contributed by atoms with Crippen LogP contribution in [0.25, 0.3) is 0 Å². The molecule has 0 bridgehead atoms. The Balaban J connectivity index is 2.89. The molecule has 2 heteroatoms. The second-order valence-corrected chi connectivity index (χ2v) is 3.05. The molecule has 0 heterocycles. The molecule has 70 valence electrons. The van der Waals surface area contributed by atoms with E-state index in [4.69, 9.17) is 0 Å². The highest BCUT2D eigenvalue weighted by Crippen LogP contribution is 2.19. The average Bonchev–Trinajstić information content (AvgIpc) is 2.10. The highest BCUT2D eigenvalue weighted by atomic mass is 19.1. The largest absolute Gasteiger partial charge is 0.388 e. The van der Waals surface area contributed by atoms with Crippen LogP contribution in [-0.2, 0) is 0 Å². The normalized spacial score (nSPS) is 12.5. The monoisotopic (exact) mass is 180 g/mol. The fourth-order valence-electron chi connectivity index (χ4n) is 1.11. The summed E-state index contributed by atoms with van der Waals surface area (Å²) in [4.78, 5) is 0. The highest BCUT2D eigenvalue weighted by Gasteiger charge is 2.07. The zero-order valence-corrected chi connectivity index (χ0v) is 7.63. The van der Waals surface area contributed by atoms with Crippen molar-refractivity contribution in [2.75, 3.05) is 0 Å². The lowest BCUT2D eigenvalue weighted by Gasteiger charge is -2.08. The molecule has 0 aromatic heterocycles. The number of aryl methyl sites for hydroxylation is 1. The van der Waals surface area contributed by atoms with Gasteiger partial charge in [-0.05, 0) is 30.5 Å². The van der Waals surface area contributed by atoms with Crippen molar-refractivity contribution in [2.45, 2.75) is 19.4 Å². The Morgan fingerprint density at radius 2 is 2.31 bits per heavy atom. The maximum absolute atomic E-state index is 13.0. The summed E-state index contributed by atoms with van der Waals surface area (Å²) < 4.78 is 13.0. The number of halogens is 1. The van der Waals surface area contributed by atoms with Gasteiger partial charge in [0.05, 0.1) is 6.10 Å². The molecule has 1 N–H and O–H groups in total. The summed E-state index contributed by atoms with van der Waals surface area (Å²) in [6.45, 7) is 5.21. The molecule has 1 aromatic carbocycles. The first-order chi connectivity index (χ1) is 6.15. The Morgan fingerprint density at radius 1 is 1.62 bits per heavy atom. The minimum absolute atomic E-state index is 0.277. The van der Waals surface area contributed by atoms with E-state index in [0.717, 1.165) is 0 Å². The lowest BCUT2D eigenvalue weighted by Crippen LogP contribution is -1.97. The van der Waals surface area contributed by atoms with Gasteiger partial charge in [-0.2, -0.15) is 0 Å². The van der Waals surface area contributed by atoms with Gasteiger partial charge in [0.25, 0.3) is 0 Å². The molecule has 0 radical (unpaired) electrons. The Labute approximate surface area is 77.5 Å². The van der Waals surface area contributed by atoms with Gasteiger partial charge >= 0.3 is 0 Å². The molecule has 0 aliphatic carbocycles. The number of benzene rings is 1. The number of hydrogen-bond donors (Lipinski definition) is 1. The predicted molar refractivity (Wildman–Crippen MR) is 50.9 cm³/mol. The molecule has 1 atom stereocenters. The van der Waals surface area contributed by atoms with Crippen molar-refractivity contribution in [2.24, 2.45) is 0 Å². The number of aliphatic hydroxyl groups is 1. The van der Waals surface area contributed by atoms with E-state index in [0.29, 0.717) is 17.5 Å². The van der Waals surface area contributed by atoms with Crippen molar-refractivity contribution in [3.63, 3.8) is 0 Å². The molecule has 0 unspecified atom stereocenters. The van der Waals surface area contributed by atoms with Crippen LogP contribution in [0.4, 0.5) is 4.39 Å². The summed E-state index contributed by atoms with van der Waals surface area (Å²) in [7, 11) is 0. The van der Waals surface area contributed by atoms with Crippen molar-refractivity contribution >= 4 is 0 Å². The maximum Gasteiger partial charge on any atom is 0.126 e. The van der Waals surface area contributed by atoms with Gasteiger partial charge in [-0.25, -0.2) is 4.39 Å². The van der Waals surface area contributed by atoms with Crippen LogP contribution in [0.1, 0.15) is 23.7 Å². The molecule has 0 aliphatic rings. The molecule has 0 saturated carbocycles. The standard InChI is InChI=1S/C11H13FO/c1-3-4-11(13)9-6-5-8(2)10(12)7-9/h3,5-7,11,13H,1,4H2,2H3/t11-/m1/s1. The molecule has 0 saturated heterocycles. The molecule has 1 rings (SSSR count). The minimum Gasteiger partial charge on any atom is -0.388 e. The van der Waals surface area contributed by atoms with Crippen molar-refractivity contribution < 1.29 is 9.50 Å². The quantitative estimate of drug-likeness (QED) is 0.709. The number of aliphatic hydroxyl groups excluding tert-OH is 1. The zero-order chi connectivity index (χ0) is 9.84. The SMILES string of the molecule is C=CC[C@@H](O)c1ccc(C)c(F)c1. The van der Waals surface area contributed by atoms with Crippen molar-refractivity contribution in [1.82, 2.24) is 0 Å². The van der Waals surface area contributed by atoms with Gasteiger partial charge in [0.15, 0.2) is 0 Å². The average molecular weight is 180 g/mol. The van der Waals surface area contributed by atoms with E-state index in [2.05, 4.69) is 6.58 Å². The van der Waals surface area contributed by atoms with E-state index < -0.39 is 6.10 Å². The van der Waals surface area contributed by atoms with Crippen molar-refractivity contribution in [3.05, 3.63) is 47.8 Å². The third-order valence-corrected chi connectivity index (χ3v) is 1.97. The second-order valence-electron chi connectivity index (χ2n) is 3.05. The number of hydrogen-bond acceptors (Lipinski definition) is 1. The third kappa shape index (κ3) is 2.39. The molecule has 0 fully saturated rings. The van der Waals surface area contributed by atoms with Crippen LogP contribution in [0.5, 0.6) is 0 Å². The van der Waals surface area contributed by atoms with Gasteiger partial charge < -0.3 is 5.11 Å². The van der Waals surface area contributed by atoms with E-state index in [-0.39, 0.29) is 5.82 Å². The van der Waals surface area contributed by atoms with E-state index in [9.17, 15) is 9.50 Å². The summed E-state index contributed by atoms with van der Waals surface area (Å²) in [6.07, 6.45) is 1.41. The lowest BCUT2D eigenvalue weighted by molar-refractivity contribution is 0.181. The van der Waals surface area contributed by atoms with Gasteiger partial charge in [0, 0.05) is 0 Å². The third-order valence-electron chi connectivity index (χ3n) is 1.97. The molecule has 0 amide bonds. The zero-order valence-electron chi connectivity index (χ0n) is 7.63. The van der Waals surface area contributed by atoms with Crippen LogP contribution < -0.4 is 0 Å². The second kappa shape index (κ2) is 4.19. The Kier molecular flexibility index (Phi) is 3.20. The molecule has 0 spiro atoms. The van der Waals surface area contributed by atoms with E-state index in [1.54, 1.807) is 25.1 Å². The first-order valence-corrected chi connectivity index (χ1v) is 4.20. The Morgan fingerprint density at radius 3 is 2.85 bits per heavy atom. The Hall–Kier alpha value is -1.15. The first-order valence-electron chi connectivity index (χ1n) is 4.20. The lowest BCUT2D eigenvalue weighted by atomic mass is 10.0. The van der Waals surface area contributed by atoms with Crippen molar-refractivity contribution in [3.8, 4) is 0 Å². The topological polar surface area (TPSA) is 20.2 Å². The van der Waals surface area contributed by atoms with E-state index in [1.807, 2.05) is 0 Å². The summed E-state index contributed by atoms with van der Waals surface area (Å²) in [5.74, 6) is -0.277. The molecule has 1 nitrogen and oxygen atoms in total. The molecular weight excluding hydrogens is 167 g/mol. The van der Waals surface area contributed by atoms with Gasteiger partial charge in [-0.15, -0.1) is 6.58 Å². The molecule has 1 aromatic rings. The Bertz CT molecular complexity index is 307. The minimum atomic E-state index is -0.646. The van der Waals surface area contributed by atoms with Gasteiger partial charge in [0.2, 0.25) is 0 Å². The maximum atomic E-state index is 13.0. The number of rotatable bonds is 3. The molecule has 0 aliphatic heterocycles. The van der Waals surface area contributed by atoms with Crippen LogP contribution in [0, 0.1) is 12.7 Å². The smallest absolute Gasteiger partial charge is 0.126 e. The first kappa shape index (κ1) is 9.93. The van der Waals surface area contributed by atoms with Crippen LogP contribution in [-0.4, -0.2) is 5.11 Å². The fraction of sp³-hybridized carbons (Fsp3) is 0.273. The summed E-state index contributed by atoms with van der Waals surface area (Å²) >= 11 is 0. The van der Waals surface area contributed by atoms with E-state index >= 15 is 0 Å². The van der Waals surface area contributed by atoms with Gasteiger partial charge in [0.1, 0.15) is 5.82 Å².